The maximum absolute atomic E-state index is 11.3. The Labute approximate surface area is 81.5 Å². The van der Waals surface area contributed by atoms with Gasteiger partial charge in [-0.05, 0) is 0 Å². The van der Waals surface area contributed by atoms with Crippen LogP contribution in [0.1, 0.15) is 6.42 Å². The van der Waals surface area contributed by atoms with Gasteiger partial charge in [0.25, 0.3) is 0 Å². The largest absolute Gasteiger partial charge is 0.319 e. The summed E-state index contributed by atoms with van der Waals surface area (Å²) in [6.07, 6.45) is 6.56. The van der Waals surface area contributed by atoms with E-state index in [1.54, 1.807) is 7.05 Å². The van der Waals surface area contributed by atoms with Crippen LogP contribution < -0.4 is 11.1 Å². The third-order valence-electron chi connectivity index (χ3n) is 1.62. The van der Waals surface area contributed by atoms with Crippen molar-refractivity contribution in [3.8, 4) is 12.3 Å². The van der Waals surface area contributed by atoms with Crippen LogP contribution in [0, 0.1) is 12.3 Å². The minimum atomic E-state index is -0.711. The molecule has 0 aliphatic rings. The smallest absolute Gasteiger partial charge is 0.244 e. The zero-order valence-corrected chi connectivity index (χ0v) is 7.77. The van der Waals surface area contributed by atoms with Gasteiger partial charge in [0.15, 0.2) is 0 Å². The van der Waals surface area contributed by atoms with Gasteiger partial charge in [-0.2, -0.15) is 10.1 Å². The Hall–Kier alpha value is -1.87. The fourth-order valence-electron chi connectivity index (χ4n) is 0.832. The minimum Gasteiger partial charge on any atom is -0.319 e. The second-order valence-corrected chi connectivity index (χ2v) is 2.71. The lowest BCUT2D eigenvalue weighted by atomic mass is 10.2. The van der Waals surface area contributed by atoms with E-state index >= 15 is 0 Å². The molecule has 0 aliphatic carbocycles. The lowest BCUT2D eigenvalue weighted by molar-refractivity contribution is -0.117. The number of anilines is 1. The number of rotatable bonds is 3. The summed E-state index contributed by atoms with van der Waals surface area (Å²) >= 11 is 0. The molecule has 1 aromatic rings. The van der Waals surface area contributed by atoms with Crippen molar-refractivity contribution < 1.29 is 4.79 Å². The molecule has 1 unspecified atom stereocenters. The molecule has 1 heterocycles. The van der Waals surface area contributed by atoms with Gasteiger partial charge >= 0.3 is 0 Å². The predicted octanol–water partition coefficient (Wildman–Crippen LogP) is -0.896. The maximum Gasteiger partial charge on any atom is 0.244 e. The second-order valence-electron chi connectivity index (χ2n) is 2.71. The molecule has 0 aromatic carbocycles. The van der Waals surface area contributed by atoms with E-state index in [1.807, 2.05) is 0 Å². The highest BCUT2D eigenvalue weighted by molar-refractivity contribution is 5.93. The molecule has 0 saturated heterocycles. The molecule has 0 aliphatic heterocycles. The van der Waals surface area contributed by atoms with Crippen LogP contribution >= 0.6 is 0 Å². The normalized spacial score (nSPS) is 11.8. The summed E-state index contributed by atoms with van der Waals surface area (Å²) in [5.41, 5.74) is 5.48. The Morgan fingerprint density at radius 1 is 1.93 bits per heavy atom. The van der Waals surface area contributed by atoms with Crippen molar-refractivity contribution in [3.63, 3.8) is 0 Å². The molecule has 1 atom stereocenters. The molecule has 14 heavy (non-hydrogen) atoms. The van der Waals surface area contributed by atoms with Crippen LogP contribution in [0.4, 0.5) is 5.95 Å². The summed E-state index contributed by atoms with van der Waals surface area (Å²) in [6.45, 7) is 0. The van der Waals surface area contributed by atoms with Crippen LogP contribution in [-0.4, -0.2) is 26.7 Å². The van der Waals surface area contributed by atoms with Crippen molar-refractivity contribution in [1.29, 1.82) is 0 Å². The number of nitrogens with one attached hydrogen (secondary N) is 1. The lowest BCUT2D eigenvalue weighted by Crippen LogP contribution is -2.35. The van der Waals surface area contributed by atoms with Crippen LogP contribution in [0.5, 0.6) is 0 Å². The summed E-state index contributed by atoms with van der Waals surface area (Å²) < 4.78 is 1.43. The predicted molar refractivity (Wildman–Crippen MR) is 51.1 cm³/mol. The number of nitrogens with zero attached hydrogens (tertiary/aromatic N) is 3. The molecule has 1 amide bonds. The number of hydrogen-bond acceptors (Lipinski definition) is 4. The number of aryl methyl sites for hydroxylation is 1. The Bertz CT molecular complexity index is 364. The molecule has 1 aromatic heterocycles. The molecule has 6 heteroatoms. The van der Waals surface area contributed by atoms with Crippen molar-refractivity contribution in [1.82, 2.24) is 14.8 Å². The Morgan fingerprint density at radius 3 is 3.14 bits per heavy atom. The van der Waals surface area contributed by atoms with E-state index in [0.717, 1.165) is 0 Å². The number of carbonyl (C=O) groups excluding carboxylic acids is 1. The first-order chi connectivity index (χ1) is 6.65. The van der Waals surface area contributed by atoms with Crippen LogP contribution in [-0.2, 0) is 11.8 Å². The standard InChI is InChI=1S/C8H11N5O/c1-3-4-6(9)7(14)12-8-10-5-11-13(8)2/h1,5-6H,4,9H2,2H3,(H,10,11,12,14). The molecular weight excluding hydrogens is 182 g/mol. The van der Waals surface area contributed by atoms with Crippen molar-refractivity contribution in [2.45, 2.75) is 12.5 Å². The van der Waals surface area contributed by atoms with Crippen molar-refractivity contribution in [2.24, 2.45) is 12.8 Å². The van der Waals surface area contributed by atoms with E-state index in [0.29, 0.717) is 5.95 Å². The summed E-state index contributed by atoms with van der Waals surface area (Å²) in [6, 6.07) is -0.711. The first-order valence-electron chi connectivity index (χ1n) is 3.99. The summed E-state index contributed by atoms with van der Waals surface area (Å²) in [5.74, 6) is 2.30. The molecule has 74 valence electrons. The van der Waals surface area contributed by atoms with Gasteiger partial charge in [0.1, 0.15) is 6.33 Å². The highest BCUT2D eigenvalue weighted by Crippen LogP contribution is 1.99. The van der Waals surface area contributed by atoms with E-state index < -0.39 is 6.04 Å². The van der Waals surface area contributed by atoms with E-state index in [9.17, 15) is 4.79 Å². The SMILES string of the molecule is C#CCC(N)C(=O)Nc1ncnn1C. The summed E-state index contributed by atoms with van der Waals surface area (Å²) in [7, 11) is 1.66. The average Bonchev–Trinajstić information content (AvgIpc) is 2.52. The number of nitrogens with two attached hydrogens (primary N) is 1. The number of carbonyl (C=O) groups is 1. The van der Waals surface area contributed by atoms with E-state index in [2.05, 4.69) is 21.3 Å². The molecule has 0 spiro atoms. The highest BCUT2D eigenvalue weighted by Gasteiger charge is 2.13. The quantitative estimate of drug-likeness (QED) is 0.609. The van der Waals surface area contributed by atoms with Gasteiger partial charge in [0.2, 0.25) is 11.9 Å². The van der Waals surface area contributed by atoms with Gasteiger partial charge in [0.05, 0.1) is 6.04 Å². The van der Waals surface area contributed by atoms with E-state index in [1.165, 1.54) is 11.0 Å². The molecule has 0 bridgehead atoms. The molecule has 0 radical (unpaired) electrons. The second kappa shape index (κ2) is 4.39. The number of aromatic nitrogens is 3. The molecule has 6 nitrogen and oxygen atoms in total. The van der Waals surface area contributed by atoms with Crippen LogP contribution in [0.15, 0.2) is 6.33 Å². The number of terminal acetylenes is 1. The maximum atomic E-state index is 11.3. The first-order valence-corrected chi connectivity index (χ1v) is 3.99. The van der Waals surface area contributed by atoms with Crippen molar-refractivity contribution in [3.05, 3.63) is 6.33 Å². The fraction of sp³-hybridized carbons (Fsp3) is 0.375. The van der Waals surface area contributed by atoms with Gasteiger partial charge in [-0.25, -0.2) is 4.68 Å². The number of amides is 1. The minimum absolute atomic E-state index is 0.198. The molecule has 0 saturated carbocycles. The summed E-state index contributed by atoms with van der Waals surface area (Å²) in [5, 5.41) is 6.29. The van der Waals surface area contributed by atoms with E-state index in [-0.39, 0.29) is 12.3 Å². The monoisotopic (exact) mass is 193 g/mol. The van der Waals surface area contributed by atoms with Crippen LogP contribution in [0.3, 0.4) is 0 Å². The summed E-state index contributed by atoms with van der Waals surface area (Å²) in [4.78, 5) is 15.2. The van der Waals surface area contributed by atoms with Crippen LogP contribution in [0.2, 0.25) is 0 Å². The molecular formula is C8H11N5O. The van der Waals surface area contributed by atoms with E-state index in [4.69, 9.17) is 12.2 Å². The van der Waals surface area contributed by atoms with Gasteiger partial charge in [-0.15, -0.1) is 12.3 Å². The lowest BCUT2D eigenvalue weighted by Gasteiger charge is -2.07. The average molecular weight is 193 g/mol. The van der Waals surface area contributed by atoms with Crippen molar-refractivity contribution in [2.75, 3.05) is 5.32 Å². The Balaban J connectivity index is 2.58. The zero-order chi connectivity index (χ0) is 10.6. The first kappa shape index (κ1) is 10.2. The van der Waals surface area contributed by atoms with Gasteiger partial charge in [0, 0.05) is 13.5 Å². The fourth-order valence-corrected chi connectivity index (χ4v) is 0.832. The highest BCUT2D eigenvalue weighted by atomic mass is 16.2. The zero-order valence-electron chi connectivity index (χ0n) is 7.77. The third kappa shape index (κ3) is 2.31. The Morgan fingerprint density at radius 2 is 2.64 bits per heavy atom. The van der Waals surface area contributed by atoms with Gasteiger partial charge in [-0.1, -0.05) is 0 Å². The van der Waals surface area contributed by atoms with Gasteiger partial charge in [-0.3, -0.25) is 10.1 Å². The Kier molecular flexibility index (Phi) is 3.20. The van der Waals surface area contributed by atoms with Gasteiger partial charge < -0.3 is 5.73 Å². The van der Waals surface area contributed by atoms with Crippen LogP contribution in [0.25, 0.3) is 0 Å². The molecule has 0 fully saturated rings. The molecule has 1 rings (SSSR count). The molecule has 3 N–H and O–H groups in total. The third-order valence-corrected chi connectivity index (χ3v) is 1.62. The van der Waals surface area contributed by atoms with Crippen molar-refractivity contribution >= 4 is 11.9 Å². The number of hydrogen-bond donors (Lipinski definition) is 2. The topological polar surface area (TPSA) is 85.8 Å².